The van der Waals surface area contributed by atoms with E-state index in [9.17, 15) is 16.8 Å². The molecule has 0 saturated carbocycles. The Morgan fingerprint density at radius 1 is 0.306 bits per heavy atom. The summed E-state index contributed by atoms with van der Waals surface area (Å²) in [7, 11) is -4.76. The van der Waals surface area contributed by atoms with Gasteiger partial charge in [0.05, 0.1) is 0 Å². The fourth-order valence-corrected chi connectivity index (χ4v) is 7.73. The summed E-state index contributed by atoms with van der Waals surface area (Å²) in [5.74, 6) is 0. The zero-order valence-electron chi connectivity index (χ0n) is 32.1. The Bertz CT molecular complexity index is 616. The molecular formula is C32H72MoN4O4S8. The van der Waals surface area contributed by atoms with E-state index in [1.165, 1.54) is 0 Å². The van der Waals surface area contributed by atoms with E-state index in [2.05, 4.69) is 55.4 Å². The van der Waals surface area contributed by atoms with Gasteiger partial charge in [-0.05, 0) is 91.4 Å². The Balaban J connectivity index is -0.000000174. The first kappa shape index (κ1) is 60.8. The maximum absolute atomic E-state index is 11.0. The maximum atomic E-state index is 11.0. The molecule has 49 heavy (non-hydrogen) atoms. The topological polar surface area (TPSA) is 81.2 Å². The molecule has 298 valence electrons. The van der Waals surface area contributed by atoms with Gasteiger partial charge < -0.3 is 46.6 Å². The second kappa shape index (κ2) is 48.5. The van der Waals surface area contributed by atoms with Crippen molar-refractivity contribution in [3.05, 3.63) is 0 Å². The van der Waals surface area contributed by atoms with Crippen LogP contribution < -0.4 is 0 Å². The summed E-state index contributed by atoms with van der Waals surface area (Å²) in [6.07, 6.45) is 17.8. The monoisotopic (exact) mass is 930 g/mol. The van der Waals surface area contributed by atoms with Gasteiger partial charge in [-0.3, -0.25) is 16.8 Å². The van der Waals surface area contributed by atoms with Crippen molar-refractivity contribution in [2.45, 2.75) is 158 Å². The van der Waals surface area contributed by atoms with Crippen molar-refractivity contribution in [1.82, 2.24) is 17.2 Å². The number of rotatable bonds is 28. The molecule has 17 heteroatoms. The molecule has 0 amide bonds. The van der Waals surface area contributed by atoms with E-state index in [1.54, 1.807) is 0 Å². The average molecular weight is 929 g/mol. The van der Waals surface area contributed by atoms with Gasteiger partial charge in [0, 0.05) is 52.4 Å². The molecule has 0 aromatic rings. The van der Waals surface area contributed by atoms with E-state index in [0.29, 0.717) is 0 Å². The number of hydrogen-bond donors (Lipinski definition) is 0. The van der Waals surface area contributed by atoms with E-state index >= 15 is 0 Å². The van der Waals surface area contributed by atoms with Crippen molar-refractivity contribution >= 4 is 86.7 Å². The summed E-state index contributed by atoms with van der Waals surface area (Å²) in [4.78, 5) is 0. The minimum atomic E-state index is -1.19. The van der Waals surface area contributed by atoms with Gasteiger partial charge in [0.1, 0.15) is 0 Å². The molecule has 0 bridgehead atoms. The van der Waals surface area contributed by atoms with Gasteiger partial charge in [-0.2, -0.15) is 0 Å². The van der Waals surface area contributed by atoms with Gasteiger partial charge in [-0.25, -0.2) is 17.2 Å². The molecule has 4 atom stereocenters. The van der Waals surface area contributed by atoms with Gasteiger partial charge in [0.2, 0.25) is 0 Å². The molecule has 0 saturated heterocycles. The number of hydrogen-bond acceptors (Lipinski definition) is 8. The van der Waals surface area contributed by atoms with Crippen LogP contribution in [0.1, 0.15) is 158 Å². The summed E-state index contributed by atoms with van der Waals surface area (Å²) in [6, 6.07) is 0. The molecule has 8 nitrogen and oxygen atoms in total. The van der Waals surface area contributed by atoms with Crippen LogP contribution in [0, 0.1) is 0 Å². The minimum Gasteiger partial charge on any atom is -0.666 e. The van der Waals surface area contributed by atoms with Gasteiger partial charge in [0.15, 0.2) is 0 Å². The zero-order chi connectivity index (χ0) is 37.6. The summed E-state index contributed by atoms with van der Waals surface area (Å²) in [5.41, 5.74) is 0. The molecule has 0 heterocycles. The summed E-state index contributed by atoms with van der Waals surface area (Å²) in [6.45, 7) is 24.1. The van der Waals surface area contributed by atoms with Gasteiger partial charge >= 0.3 is 21.1 Å². The van der Waals surface area contributed by atoms with Crippen LogP contribution in [0.15, 0.2) is 0 Å². The van der Waals surface area contributed by atoms with Crippen LogP contribution in [0.2, 0.25) is 0 Å². The molecule has 0 aliphatic rings. The van der Waals surface area contributed by atoms with Crippen molar-refractivity contribution < 1.29 is 37.9 Å². The predicted molar refractivity (Wildman–Crippen MR) is 228 cm³/mol. The normalized spacial score (nSPS) is 13.4. The van der Waals surface area contributed by atoms with Gasteiger partial charge in [-0.15, -0.1) is 0 Å². The molecule has 0 aliphatic carbocycles. The van der Waals surface area contributed by atoms with E-state index in [4.69, 9.17) is 46.6 Å². The molecule has 0 aromatic carbocycles. The fourth-order valence-electron chi connectivity index (χ4n) is 3.72. The maximum Gasteiger partial charge on any atom is 4.00 e. The van der Waals surface area contributed by atoms with E-state index in [-0.39, 0.29) is 21.1 Å². The van der Waals surface area contributed by atoms with E-state index < -0.39 is 40.1 Å². The fraction of sp³-hybridized carbons (Fsp3) is 1.00. The Kier molecular flexibility index (Phi) is 60.2. The largest absolute Gasteiger partial charge is 4.00 e. The quantitative estimate of drug-likeness (QED) is 0.0444. The second-order valence-corrected chi connectivity index (χ2v) is 18.6. The first-order valence-electron chi connectivity index (χ1n) is 18.3. The Morgan fingerprint density at radius 2 is 0.408 bits per heavy atom. The molecule has 0 radical (unpaired) electrons. The minimum absolute atomic E-state index is 0. The summed E-state index contributed by atoms with van der Waals surface area (Å²) in [5, 5.41) is 0. The van der Waals surface area contributed by atoms with Crippen LogP contribution in [0.25, 0.3) is 0 Å². The molecule has 4 unspecified atom stereocenters. The van der Waals surface area contributed by atoms with Crippen LogP contribution in [0.5, 0.6) is 0 Å². The first-order valence-corrected chi connectivity index (χ1v) is 26.4. The van der Waals surface area contributed by atoms with Crippen LogP contribution >= 0.6 is 0 Å². The van der Waals surface area contributed by atoms with Crippen LogP contribution in [-0.2, 0) is 108 Å². The number of unbranched alkanes of at least 4 members (excludes halogenated alkanes) is 8. The number of nitrogens with zero attached hydrogens (tertiary/aromatic N) is 4. The summed E-state index contributed by atoms with van der Waals surface area (Å²) >= 11 is 18.9. The molecule has 0 fully saturated rings. The van der Waals surface area contributed by atoms with Crippen molar-refractivity contribution in [2.75, 3.05) is 52.4 Å². The van der Waals surface area contributed by atoms with Crippen molar-refractivity contribution in [2.24, 2.45) is 0 Å². The van der Waals surface area contributed by atoms with Crippen molar-refractivity contribution in [1.29, 1.82) is 0 Å². The first-order chi connectivity index (χ1) is 22.9. The van der Waals surface area contributed by atoms with E-state index in [0.717, 1.165) is 155 Å². The van der Waals surface area contributed by atoms with E-state index in [1.807, 2.05) is 17.2 Å². The molecule has 0 aliphatic heterocycles. The molecule has 0 spiro atoms. The Morgan fingerprint density at radius 3 is 0.469 bits per heavy atom. The Hall–Kier alpha value is 2.53. The third-order valence-electron chi connectivity index (χ3n) is 6.93. The van der Waals surface area contributed by atoms with Crippen LogP contribution in [-0.4, -0.2) is 86.4 Å². The van der Waals surface area contributed by atoms with Crippen molar-refractivity contribution in [3.63, 3.8) is 0 Å². The Labute approximate surface area is 349 Å². The van der Waals surface area contributed by atoms with Crippen LogP contribution in [0.3, 0.4) is 0 Å². The standard InChI is InChI=1S/4C8H19NOS2.Mo/c4*1-3-5-7-9(12(10)11)8-6-4-2;/h4*3-8H2,1-2H3,(H,10,11);/q;;;;+4/p-4. The molecule has 0 N–H and O–H groups in total. The summed E-state index contributed by atoms with van der Waals surface area (Å²) < 4.78 is 51.5. The van der Waals surface area contributed by atoms with Crippen molar-refractivity contribution in [3.8, 4) is 0 Å². The second-order valence-electron chi connectivity index (χ2n) is 11.4. The predicted octanol–water partition coefficient (Wildman–Crippen LogP) is 8.05. The average Bonchev–Trinajstić information content (AvgIpc) is 3.05. The SMILES string of the molecule is CCCCN(CCCC)S(=O)[S-].CCCCN(CCCC)S(=O)[S-].CCCCN(CCCC)S(=O)[S-].CCCCN(CCCC)S(=O)[S-].[Mo+4]. The van der Waals surface area contributed by atoms with Gasteiger partial charge in [0.25, 0.3) is 0 Å². The zero-order valence-corrected chi connectivity index (χ0v) is 40.6. The smallest absolute Gasteiger partial charge is 0.666 e. The third-order valence-corrected chi connectivity index (χ3v) is 12.6. The van der Waals surface area contributed by atoms with Crippen LogP contribution in [0.4, 0.5) is 0 Å². The molecular weight excluding hydrogens is 857 g/mol. The van der Waals surface area contributed by atoms with Gasteiger partial charge in [-0.1, -0.05) is 107 Å². The molecule has 0 aromatic heterocycles. The third kappa shape index (κ3) is 46.6. The molecule has 0 rings (SSSR count).